The molecule has 0 radical (unpaired) electrons. The lowest BCUT2D eigenvalue weighted by atomic mass is 10.3. The lowest BCUT2D eigenvalue weighted by molar-refractivity contribution is 0.326. The Morgan fingerprint density at radius 3 is 2.74 bits per heavy atom. The molecular formula is C13H12F2N2OS. The molecular weight excluding hydrogens is 270 g/mol. The third kappa shape index (κ3) is 3.35. The summed E-state index contributed by atoms with van der Waals surface area (Å²) in [5, 5.41) is 0.531. The third-order valence-electron chi connectivity index (χ3n) is 2.25. The van der Waals surface area contributed by atoms with E-state index < -0.39 is 11.6 Å². The maximum absolute atomic E-state index is 13.5. The van der Waals surface area contributed by atoms with Gasteiger partial charge in [0.05, 0.1) is 12.3 Å². The zero-order chi connectivity index (χ0) is 13.8. The topological polar surface area (TPSA) is 48.1 Å². The Labute approximate surface area is 113 Å². The van der Waals surface area contributed by atoms with Crippen molar-refractivity contribution in [3.63, 3.8) is 0 Å². The number of nitrogens with zero attached hydrogens (tertiary/aromatic N) is 1. The van der Waals surface area contributed by atoms with Crippen molar-refractivity contribution in [2.24, 2.45) is 0 Å². The monoisotopic (exact) mass is 282 g/mol. The van der Waals surface area contributed by atoms with Gasteiger partial charge in [0, 0.05) is 11.0 Å². The number of nitrogens with two attached hydrogens (primary N) is 1. The highest BCUT2D eigenvalue weighted by Gasteiger charge is 2.09. The minimum atomic E-state index is -0.624. The second-order valence-electron chi connectivity index (χ2n) is 3.65. The summed E-state index contributed by atoms with van der Waals surface area (Å²) >= 11 is 1.08. The highest BCUT2D eigenvalue weighted by atomic mass is 32.2. The lowest BCUT2D eigenvalue weighted by Crippen LogP contribution is -2.00. The highest BCUT2D eigenvalue weighted by molar-refractivity contribution is 7.99. The summed E-state index contributed by atoms with van der Waals surface area (Å²) in [6, 6.07) is 6.70. The maximum atomic E-state index is 13.5. The van der Waals surface area contributed by atoms with E-state index in [1.165, 1.54) is 12.1 Å². The first-order valence-electron chi connectivity index (χ1n) is 5.62. The van der Waals surface area contributed by atoms with E-state index in [1.54, 1.807) is 12.1 Å². The summed E-state index contributed by atoms with van der Waals surface area (Å²) in [7, 11) is 0. The Morgan fingerprint density at radius 2 is 2.05 bits per heavy atom. The minimum Gasteiger partial charge on any atom is -0.476 e. The first-order chi connectivity index (χ1) is 9.10. The average Bonchev–Trinajstić information content (AvgIpc) is 2.37. The van der Waals surface area contributed by atoms with E-state index in [9.17, 15) is 8.78 Å². The smallest absolute Gasteiger partial charge is 0.238 e. The summed E-state index contributed by atoms with van der Waals surface area (Å²) in [6.07, 6.45) is 0. The van der Waals surface area contributed by atoms with Crippen LogP contribution < -0.4 is 10.5 Å². The molecule has 1 heterocycles. The molecule has 3 nitrogen and oxygen atoms in total. The summed E-state index contributed by atoms with van der Waals surface area (Å²) in [5.41, 5.74) is 6.12. The summed E-state index contributed by atoms with van der Waals surface area (Å²) in [4.78, 5) is 4.47. The van der Waals surface area contributed by atoms with Gasteiger partial charge in [-0.3, -0.25) is 0 Å². The number of benzene rings is 1. The van der Waals surface area contributed by atoms with Crippen LogP contribution in [0.2, 0.25) is 0 Å². The molecule has 0 aliphatic carbocycles. The van der Waals surface area contributed by atoms with E-state index in [0.29, 0.717) is 28.1 Å². The van der Waals surface area contributed by atoms with Crippen molar-refractivity contribution in [3.8, 4) is 5.88 Å². The Morgan fingerprint density at radius 1 is 1.26 bits per heavy atom. The molecule has 0 bridgehead atoms. The van der Waals surface area contributed by atoms with E-state index in [1.807, 2.05) is 6.92 Å². The predicted octanol–water partition coefficient (Wildman–Crippen LogP) is 3.49. The number of pyridine rings is 1. The standard InChI is InChI=1S/C13H12F2N2OS/c1-2-18-13-10(16)4-6-12(17-13)19-11-5-3-8(14)7-9(11)15/h3-7H,2,16H2,1H3. The van der Waals surface area contributed by atoms with Gasteiger partial charge in [-0.2, -0.15) is 0 Å². The van der Waals surface area contributed by atoms with Crippen LogP contribution in [0, 0.1) is 11.6 Å². The van der Waals surface area contributed by atoms with E-state index >= 15 is 0 Å². The molecule has 0 atom stereocenters. The second-order valence-corrected chi connectivity index (χ2v) is 4.72. The van der Waals surface area contributed by atoms with Crippen LogP contribution in [0.5, 0.6) is 5.88 Å². The van der Waals surface area contributed by atoms with E-state index in [4.69, 9.17) is 10.5 Å². The average molecular weight is 282 g/mol. The Hall–Kier alpha value is -1.82. The van der Waals surface area contributed by atoms with Crippen LogP contribution in [0.1, 0.15) is 6.92 Å². The van der Waals surface area contributed by atoms with Gasteiger partial charge in [0.2, 0.25) is 5.88 Å². The number of ether oxygens (including phenoxy) is 1. The molecule has 0 saturated carbocycles. The molecule has 0 spiro atoms. The molecule has 0 aliphatic heterocycles. The molecule has 0 unspecified atom stereocenters. The Balaban J connectivity index is 2.25. The van der Waals surface area contributed by atoms with E-state index in [-0.39, 0.29) is 0 Å². The SMILES string of the molecule is CCOc1nc(Sc2ccc(F)cc2F)ccc1N. The second kappa shape index (κ2) is 5.88. The van der Waals surface area contributed by atoms with Crippen molar-refractivity contribution in [2.75, 3.05) is 12.3 Å². The predicted molar refractivity (Wildman–Crippen MR) is 70.3 cm³/mol. The number of hydrogen-bond acceptors (Lipinski definition) is 4. The van der Waals surface area contributed by atoms with Crippen molar-refractivity contribution in [2.45, 2.75) is 16.8 Å². The van der Waals surface area contributed by atoms with Crippen molar-refractivity contribution in [1.29, 1.82) is 0 Å². The van der Waals surface area contributed by atoms with Crippen molar-refractivity contribution < 1.29 is 13.5 Å². The summed E-state index contributed by atoms with van der Waals surface area (Å²) in [6.45, 7) is 2.26. The number of nitrogen functional groups attached to an aromatic ring is 1. The minimum absolute atomic E-state index is 0.293. The van der Waals surface area contributed by atoms with Crippen LogP contribution in [-0.4, -0.2) is 11.6 Å². The lowest BCUT2D eigenvalue weighted by Gasteiger charge is -2.08. The molecule has 1 aromatic heterocycles. The molecule has 2 N–H and O–H groups in total. The number of halogens is 2. The molecule has 0 saturated heterocycles. The van der Waals surface area contributed by atoms with Crippen molar-refractivity contribution >= 4 is 17.4 Å². The molecule has 2 rings (SSSR count). The Kier molecular flexibility index (Phi) is 4.21. The van der Waals surface area contributed by atoms with E-state index in [0.717, 1.165) is 17.8 Å². The first-order valence-corrected chi connectivity index (χ1v) is 6.44. The van der Waals surface area contributed by atoms with E-state index in [2.05, 4.69) is 4.98 Å². The van der Waals surface area contributed by atoms with Crippen LogP contribution in [0.15, 0.2) is 40.3 Å². The van der Waals surface area contributed by atoms with Gasteiger partial charge in [-0.15, -0.1) is 0 Å². The van der Waals surface area contributed by atoms with Gasteiger partial charge in [-0.1, -0.05) is 11.8 Å². The number of anilines is 1. The van der Waals surface area contributed by atoms with Gasteiger partial charge in [-0.25, -0.2) is 13.8 Å². The normalized spacial score (nSPS) is 10.5. The van der Waals surface area contributed by atoms with Crippen LogP contribution in [-0.2, 0) is 0 Å². The molecule has 100 valence electrons. The van der Waals surface area contributed by atoms with Gasteiger partial charge in [0.15, 0.2) is 0 Å². The molecule has 0 amide bonds. The summed E-state index contributed by atoms with van der Waals surface area (Å²) in [5.74, 6) is -0.918. The largest absolute Gasteiger partial charge is 0.476 e. The van der Waals surface area contributed by atoms with Crippen molar-refractivity contribution in [1.82, 2.24) is 4.98 Å². The fraction of sp³-hybridized carbons (Fsp3) is 0.154. The first kappa shape index (κ1) is 13.6. The number of rotatable bonds is 4. The Bertz CT molecular complexity index is 593. The number of hydrogen-bond donors (Lipinski definition) is 1. The molecule has 2 aromatic rings. The molecule has 0 fully saturated rings. The van der Waals surface area contributed by atoms with Crippen LogP contribution in [0.3, 0.4) is 0 Å². The van der Waals surface area contributed by atoms with Gasteiger partial charge in [0.1, 0.15) is 16.7 Å². The molecule has 19 heavy (non-hydrogen) atoms. The van der Waals surface area contributed by atoms with Crippen LogP contribution in [0.25, 0.3) is 0 Å². The van der Waals surface area contributed by atoms with Gasteiger partial charge in [0.25, 0.3) is 0 Å². The maximum Gasteiger partial charge on any atom is 0.238 e. The number of aromatic nitrogens is 1. The molecule has 6 heteroatoms. The fourth-order valence-corrected chi connectivity index (χ4v) is 2.20. The van der Waals surface area contributed by atoms with Crippen LogP contribution in [0.4, 0.5) is 14.5 Å². The molecule has 1 aromatic carbocycles. The van der Waals surface area contributed by atoms with Crippen LogP contribution >= 0.6 is 11.8 Å². The van der Waals surface area contributed by atoms with Gasteiger partial charge < -0.3 is 10.5 Å². The zero-order valence-electron chi connectivity index (χ0n) is 10.2. The zero-order valence-corrected chi connectivity index (χ0v) is 11.0. The summed E-state index contributed by atoms with van der Waals surface area (Å²) < 4.78 is 31.6. The fourth-order valence-electron chi connectivity index (χ4n) is 1.41. The third-order valence-corrected chi connectivity index (χ3v) is 3.24. The van der Waals surface area contributed by atoms with Crippen molar-refractivity contribution in [3.05, 3.63) is 42.0 Å². The quantitative estimate of drug-likeness (QED) is 0.932. The molecule has 0 aliphatic rings. The van der Waals surface area contributed by atoms with Gasteiger partial charge in [-0.05, 0) is 31.2 Å². The highest BCUT2D eigenvalue weighted by Crippen LogP contribution is 2.31. The van der Waals surface area contributed by atoms with Gasteiger partial charge >= 0.3 is 0 Å².